The zero-order chi connectivity index (χ0) is 18.6. The lowest BCUT2D eigenvalue weighted by atomic mass is 10.2. The Balaban J connectivity index is 1.98. The van der Waals surface area contributed by atoms with Crippen molar-refractivity contribution in [2.24, 2.45) is 0 Å². The van der Waals surface area contributed by atoms with Crippen LogP contribution in [0.3, 0.4) is 0 Å². The third-order valence-electron chi connectivity index (χ3n) is 3.06. The fraction of sp³-hybridized carbons (Fsp3) is 0.125. The Morgan fingerprint density at radius 3 is 2.56 bits per heavy atom. The van der Waals surface area contributed by atoms with E-state index in [4.69, 9.17) is 16.3 Å². The second-order valence-corrected chi connectivity index (χ2v) is 7.54. The van der Waals surface area contributed by atoms with Crippen LogP contribution in [0.1, 0.15) is 10.4 Å². The summed E-state index contributed by atoms with van der Waals surface area (Å²) < 4.78 is 27.8. The average molecular weight is 384 g/mol. The number of anilines is 1. The van der Waals surface area contributed by atoms with Gasteiger partial charge in [-0.05, 0) is 36.4 Å². The van der Waals surface area contributed by atoms with Gasteiger partial charge < -0.3 is 15.2 Å². The largest absolute Gasteiger partial charge is 0.507 e. The molecule has 0 aliphatic carbocycles. The average Bonchev–Trinajstić information content (AvgIpc) is 2.52. The maximum atomic E-state index is 11.8. The van der Waals surface area contributed by atoms with Crippen molar-refractivity contribution in [2.75, 3.05) is 18.2 Å². The third kappa shape index (κ3) is 5.20. The van der Waals surface area contributed by atoms with E-state index in [0.29, 0.717) is 0 Å². The van der Waals surface area contributed by atoms with Crippen molar-refractivity contribution >= 4 is 39.0 Å². The molecule has 0 aliphatic rings. The Bertz CT molecular complexity index is 926. The van der Waals surface area contributed by atoms with Crippen LogP contribution in [-0.4, -0.2) is 38.3 Å². The summed E-state index contributed by atoms with van der Waals surface area (Å²) >= 11 is 5.67. The summed E-state index contributed by atoms with van der Waals surface area (Å²) in [5.41, 5.74) is 0.120. The van der Waals surface area contributed by atoms with Gasteiger partial charge in [-0.25, -0.2) is 13.2 Å². The van der Waals surface area contributed by atoms with Crippen molar-refractivity contribution in [2.45, 2.75) is 4.90 Å². The number of amides is 1. The smallest absolute Gasteiger partial charge is 0.342 e. The number of halogens is 1. The molecule has 0 unspecified atom stereocenters. The molecule has 2 rings (SSSR count). The van der Waals surface area contributed by atoms with Crippen LogP contribution in [0.25, 0.3) is 0 Å². The topological polar surface area (TPSA) is 110 Å². The summed E-state index contributed by atoms with van der Waals surface area (Å²) in [6.45, 7) is -0.607. The van der Waals surface area contributed by atoms with Crippen molar-refractivity contribution in [1.29, 1.82) is 0 Å². The highest BCUT2D eigenvalue weighted by Gasteiger charge is 2.15. The number of rotatable bonds is 5. The van der Waals surface area contributed by atoms with Crippen molar-refractivity contribution in [1.82, 2.24) is 0 Å². The Kier molecular flexibility index (Phi) is 5.66. The first-order valence-electron chi connectivity index (χ1n) is 6.92. The molecule has 2 N–H and O–H groups in total. The molecule has 0 atom stereocenters. The van der Waals surface area contributed by atoms with Gasteiger partial charge >= 0.3 is 5.97 Å². The summed E-state index contributed by atoms with van der Waals surface area (Å²) in [5.74, 6) is -1.92. The molecular formula is C16H14ClNO6S. The van der Waals surface area contributed by atoms with Gasteiger partial charge in [-0.15, -0.1) is 0 Å². The number of sulfone groups is 1. The molecule has 0 saturated carbocycles. The number of hydrogen-bond acceptors (Lipinski definition) is 6. The van der Waals surface area contributed by atoms with Crippen molar-refractivity contribution in [3.8, 4) is 5.75 Å². The normalized spacial score (nSPS) is 11.0. The first-order valence-corrected chi connectivity index (χ1v) is 9.19. The van der Waals surface area contributed by atoms with Gasteiger partial charge in [0.2, 0.25) is 0 Å². The van der Waals surface area contributed by atoms with E-state index in [1.807, 2.05) is 0 Å². The molecule has 0 heterocycles. The van der Waals surface area contributed by atoms with E-state index in [1.54, 1.807) is 0 Å². The molecule has 9 heteroatoms. The molecule has 0 spiro atoms. The first kappa shape index (κ1) is 18.8. The number of ether oxygens (including phenoxy) is 1. The van der Waals surface area contributed by atoms with Crippen LogP contribution in [0.2, 0.25) is 5.02 Å². The minimum absolute atomic E-state index is 0.0494. The third-order valence-corrected chi connectivity index (χ3v) is 4.41. The van der Waals surface area contributed by atoms with Gasteiger partial charge in [0.05, 0.1) is 4.90 Å². The predicted molar refractivity (Wildman–Crippen MR) is 91.6 cm³/mol. The summed E-state index contributed by atoms with van der Waals surface area (Å²) in [6.07, 6.45) is 1.05. The molecule has 0 aliphatic heterocycles. The Hall–Kier alpha value is -2.58. The minimum Gasteiger partial charge on any atom is -0.507 e. The molecule has 132 valence electrons. The fourth-order valence-electron chi connectivity index (χ4n) is 1.89. The number of carbonyl (C=O) groups is 2. The van der Waals surface area contributed by atoms with Gasteiger partial charge in [-0.2, -0.15) is 0 Å². The van der Waals surface area contributed by atoms with Crippen molar-refractivity contribution < 1.29 is 27.9 Å². The highest BCUT2D eigenvalue weighted by Crippen LogP contribution is 2.22. The highest BCUT2D eigenvalue weighted by atomic mass is 35.5. The number of nitrogens with one attached hydrogen (secondary N) is 1. The molecule has 2 aromatic carbocycles. The highest BCUT2D eigenvalue weighted by molar-refractivity contribution is 7.90. The number of phenols is 1. The molecule has 0 aromatic heterocycles. The summed E-state index contributed by atoms with van der Waals surface area (Å²) in [7, 11) is -3.41. The Morgan fingerprint density at radius 2 is 1.92 bits per heavy atom. The quantitative estimate of drug-likeness (QED) is 0.766. The molecule has 25 heavy (non-hydrogen) atoms. The Morgan fingerprint density at radius 1 is 1.20 bits per heavy atom. The van der Waals surface area contributed by atoms with E-state index in [2.05, 4.69) is 5.32 Å². The predicted octanol–water partition coefficient (Wildman–Crippen LogP) is 2.24. The van der Waals surface area contributed by atoms with Gasteiger partial charge in [0.1, 0.15) is 11.3 Å². The number of phenolic OH excluding ortho intramolecular Hbond substituents is 1. The molecule has 1 amide bonds. The fourth-order valence-corrected chi connectivity index (χ4v) is 2.72. The SMILES string of the molecule is CS(=O)(=O)c1cccc(NC(=O)COC(=O)c2ccc(Cl)cc2O)c1. The van der Waals surface area contributed by atoms with E-state index in [1.165, 1.54) is 42.5 Å². The maximum absolute atomic E-state index is 11.8. The molecule has 7 nitrogen and oxygen atoms in total. The van der Waals surface area contributed by atoms with Crippen LogP contribution in [0.5, 0.6) is 5.75 Å². The van der Waals surface area contributed by atoms with Crippen LogP contribution in [0.15, 0.2) is 47.4 Å². The van der Waals surface area contributed by atoms with Crippen LogP contribution in [-0.2, 0) is 19.4 Å². The zero-order valence-corrected chi connectivity index (χ0v) is 14.6. The number of hydrogen-bond donors (Lipinski definition) is 2. The maximum Gasteiger partial charge on any atom is 0.342 e. The van der Waals surface area contributed by atoms with Gasteiger partial charge in [0.15, 0.2) is 16.4 Å². The zero-order valence-electron chi connectivity index (χ0n) is 13.0. The lowest BCUT2D eigenvalue weighted by Crippen LogP contribution is -2.21. The first-order chi connectivity index (χ1) is 11.7. The van der Waals surface area contributed by atoms with E-state index >= 15 is 0 Å². The van der Waals surface area contributed by atoms with Crippen LogP contribution < -0.4 is 5.32 Å². The molecule has 2 aromatic rings. The van der Waals surface area contributed by atoms with Crippen LogP contribution in [0, 0.1) is 0 Å². The van der Waals surface area contributed by atoms with Gasteiger partial charge in [0, 0.05) is 17.0 Å². The van der Waals surface area contributed by atoms with Crippen LogP contribution in [0.4, 0.5) is 5.69 Å². The van der Waals surface area contributed by atoms with Gasteiger partial charge in [-0.3, -0.25) is 4.79 Å². The van der Waals surface area contributed by atoms with Gasteiger partial charge in [0.25, 0.3) is 5.91 Å². The minimum atomic E-state index is -3.41. The number of esters is 1. The molecule has 0 radical (unpaired) electrons. The lowest BCUT2D eigenvalue weighted by molar-refractivity contribution is -0.119. The molecule has 0 bridgehead atoms. The molecule has 0 fully saturated rings. The van der Waals surface area contributed by atoms with Crippen molar-refractivity contribution in [3.63, 3.8) is 0 Å². The Labute approximate surface area is 149 Å². The summed E-state index contributed by atoms with van der Waals surface area (Å²) in [4.78, 5) is 23.7. The second kappa shape index (κ2) is 7.54. The van der Waals surface area contributed by atoms with E-state index in [9.17, 15) is 23.1 Å². The second-order valence-electron chi connectivity index (χ2n) is 5.09. The summed E-state index contributed by atoms with van der Waals surface area (Å²) in [5, 5.41) is 12.3. The van der Waals surface area contributed by atoms with Crippen LogP contribution >= 0.6 is 11.6 Å². The summed E-state index contributed by atoms with van der Waals surface area (Å²) in [6, 6.07) is 9.51. The monoisotopic (exact) mass is 383 g/mol. The van der Waals surface area contributed by atoms with Crippen molar-refractivity contribution in [3.05, 3.63) is 53.1 Å². The number of carbonyl (C=O) groups excluding carboxylic acids is 2. The molecule has 0 saturated heterocycles. The lowest BCUT2D eigenvalue weighted by Gasteiger charge is -2.08. The van der Waals surface area contributed by atoms with E-state index < -0.39 is 28.3 Å². The van der Waals surface area contributed by atoms with E-state index in [0.717, 1.165) is 6.26 Å². The molecular weight excluding hydrogens is 370 g/mol. The number of aromatic hydroxyl groups is 1. The standard InChI is InChI=1S/C16H14ClNO6S/c1-25(22,23)12-4-2-3-11(8-12)18-15(20)9-24-16(21)13-6-5-10(17)7-14(13)19/h2-8,19H,9H2,1H3,(H,18,20). The van der Waals surface area contributed by atoms with E-state index in [-0.39, 0.29) is 26.9 Å². The number of benzene rings is 2. The van der Waals surface area contributed by atoms with Gasteiger partial charge in [-0.1, -0.05) is 17.7 Å².